The second-order valence-electron chi connectivity index (χ2n) is 3.52. The quantitative estimate of drug-likeness (QED) is 0.651. The first-order valence-electron chi connectivity index (χ1n) is 5.28. The van der Waals surface area contributed by atoms with E-state index in [1.807, 2.05) is 11.3 Å². The summed E-state index contributed by atoms with van der Waals surface area (Å²) in [5, 5.41) is 1.06. The van der Waals surface area contributed by atoms with Gasteiger partial charge in [-0.25, -0.2) is 0 Å². The van der Waals surface area contributed by atoms with Gasteiger partial charge in [-0.3, -0.25) is 4.90 Å². The molecule has 1 aromatic rings. The summed E-state index contributed by atoms with van der Waals surface area (Å²) in [6.07, 6.45) is 2.56. The van der Waals surface area contributed by atoms with Crippen molar-refractivity contribution >= 4 is 43.2 Å². The topological polar surface area (TPSA) is 3.24 Å². The number of unbranched alkanes of at least 4 members (excludes halogenated alkanes) is 1. The molecule has 0 saturated heterocycles. The first-order chi connectivity index (χ1) is 7.26. The van der Waals surface area contributed by atoms with Gasteiger partial charge in [0, 0.05) is 23.3 Å². The predicted molar refractivity (Wildman–Crippen MR) is 76.0 cm³/mol. The number of hydrogen-bond acceptors (Lipinski definition) is 2. The van der Waals surface area contributed by atoms with Gasteiger partial charge in [-0.05, 0) is 41.0 Å². The zero-order valence-corrected chi connectivity index (χ0v) is 13.0. The van der Waals surface area contributed by atoms with Crippen molar-refractivity contribution < 1.29 is 0 Å². The van der Waals surface area contributed by atoms with Crippen molar-refractivity contribution in [3.63, 3.8) is 0 Å². The molecular weight excluding hydrogens is 338 g/mol. The molecule has 1 aromatic heterocycles. The lowest BCUT2D eigenvalue weighted by molar-refractivity contribution is 0.281. The highest BCUT2D eigenvalue weighted by Gasteiger charge is 2.06. The molecule has 0 aromatic carbocycles. The maximum absolute atomic E-state index is 3.51. The van der Waals surface area contributed by atoms with Crippen LogP contribution in [0.3, 0.4) is 0 Å². The summed E-state index contributed by atoms with van der Waals surface area (Å²) < 4.78 is 1.23. The monoisotopic (exact) mass is 353 g/mol. The van der Waals surface area contributed by atoms with Crippen LogP contribution < -0.4 is 0 Å². The van der Waals surface area contributed by atoms with Gasteiger partial charge in [0.15, 0.2) is 0 Å². The standard InChI is InChI=1S/C11H17Br2NS/c1-2-3-7-14(8-6-12)9-10-4-5-11(13)15-10/h4-5H,2-3,6-9H2,1H3. The van der Waals surface area contributed by atoms with Gasteiger partial charge < -0.3 is 0 Å². The van der Waals surface area contributed by atoms with Crippen LogP contribution in [0.25, 0.3) is 0 Å². The van der Waals surface area contributed by atoms with Gasteiger partial charge in [0.2, 0.25) is 0 Å². The van der Waals surface area contributed by atoms with E-state index >= 15 is 0 Å². The van der Waals surface area contributed by atoms with Crippen molar-refractivity contribution in [2.75, 3.05) is 18.4 Å². The summed E-state index contributed by atoms with van der Waals surface area (Å²) in [7, 11) is 0. The maximum Gasteiger partial charge on any atom is 0.0701 e. The van der Waals surface area contributed by atoms with Crippen molar-refractivity contribution in [2.45, 2.75) is 26.3 Å². The van der Waals surface area contributed by atoms with E-state index in [4.69, 9.17) is 0 Å². The van der Waals surface area contributed by atoms with Crippen LogP contribution >= 0.6 is 43.2 Å². The van der Waals surface area contributed by atoms with Gasteiger partial charge in [0.1, 0.15) is 0 Å². The highest BCUT2D eigenvalue weighted by molar-refractivity contribution is 9.11. The van der Waals surface area contributed by atoms with Crippen LogP contribution in [0.2, 0.25) is 0 Å². The predicted octanol–water partition coefficient (Wildman–Crippen LogP) is 4.51. The van der Waals surface area contributed by atoms with Gasteiger partial charge in [-0.2, -0.15) is 0 Å². The molecule has 0 aliphatic carbocycles. The van der Waals surface area contributed by atoms with Crippen LogP contribution in [-0.2, 0) is 6.54 Å². The molecule has 0 spiro atoms. The van der Waals surface area contributed by atoms with E-state index < -0.39 is 0 Å². The molecule has 4 heteroatoms. The lowest BCUT2D eigenvalue weighted by Gasteiger charge is -2.19. The Morgan fingerprint density at radius 1 is 1.33 bits per heavy atom. The highest BCUT2D eigenvalue weighted by Crippen LogP contribution is 2.23. The fourth-order valence-electron chi connectivity index (χ4n) is 1.43. The average molecular weight is 355 g/mol. The second-order valence-corrected chi connectivity index (χ2v) is 6.87. The molecule has 1 nitrogen and oxygen atoms in total. The molecule has 0 radical (unpaired) electrons. The van der Waals surface area contributed by atoms with Gasteiger partial charge in [-0.15, -0.1) is 11.3 Å². The Bertz CT molecular complexity index is 275. The summed E-state index contributed by atoms with van der Waals surface area (Å²) in [6.45, 7) is 5.67. The Morgan fingerprint density at radius 3 is 2.67 bits per heavy atom. The van der Waals surface area contributed by atoms with Gasteiger partial charge in [-0.1, -0.05) is 29.3 Å². The molecule has 0 fully saturated rings. The number of nitrogens with zero attached hydrogens (tertiary/aromatic N) is 1. The lowest BCUT2D eigenvalue weighted by Crippen LogP contribution is -2.25. The number of rotatable bonds is 7. The maximum atomic E-state index is 3.51. The zero-order valence-electron chi connectivity index (χ0n) is 9.01. The van der Waals surface area contributed by atoms with Crippen molar-refractivity contribution in [2.24, 2.45) is 0 Å². The lowest BCUT2D eigenvalue weighted by atomic mass is 10.3. The van der Waals surface area contributed by atoms with Crippen LogP contribution in [-0.4, -0.2) is 23.3 Å². The van der Waals surface area contributed by atoms with E-state index in [2.05, 4.69) is 55.8 Å². The molecule has 0 atom stereocenters. The Balaban J connectivity index is 2.42. The number of thiophene rings is 1. The van der Waals surface area contributed by atoms with Gasteiger partial charge in [0.05, 0.1) is 3.79 Å². The minimum atomic E-state index is 1.06. The SMILES string of the molecule is CCCCN(CCBr)Cc1ccc(Br)s1. The van der Waals surface area contributed by atoms with Crippen LogP contribution in [0.15, 0.2) is 15.9 Å². The van der Waals surface area contributed by atoms with Crippen LogP contribution in [0.1, 0.15) is 24.6 Å². The number of hydrogen-bond donors (Lipinski definition) is 0. The Kier molecular flexibility index (Phi) is 7.14. The Hall–Kier alpha value is 0.620. The minimum Gasteiger partial charge on any atom is -0.297 e. The zero-order chi connectivity index (χ0) is 11.1. The normalized spacial score (nSPS) is 11.2. The molecule has 1 heterocycles. The van der Waals surface area contributed by atoms with Crippen LogP contribution in [0.4, 0.5) is 0 Å². The molecule has 0 aliphatic heterocycles. The largest absolute Gasteiger partial charge is 0.297 e. The van der Waals surface area contributed by atoms with E-state index in [0.29, 0.717) is 0 Å². The molecule has 86 valence electrons. The molecule has 0 amide bonds. The summed E-state index contributed by atoms with van der Waals surface area (Å²) in [4.78, 5) is 3.95. The summed E-state index contributed by atoms with van der Waals surface area (Å²) in [6, 6.07) is 4.34. The van der Waals surface area contributed by atoms with E-state index in [9.17, 15) is 0 Å². The summed E-state index contributed by atoms with van der Waals surface area (Å²) >= 11 is 8.85. The van der Waals surface area contributed by atoms with E-state index in [1.165, 1.54) is 28.0 Å². The molecule has 0 bridgehead atoms. The Labute approximate surface area is 113 Å². The van der Waals surface area contributed by atoms with Crippen molar-refractivity contribution in [1.29, 1.82) is 0 Å². The fourth-order valence-corrected chi connectivity index (χ4v) is 3.46. The smallest absolute Gasteiger partial charge is 0.0701 e. The third-order valence-corrected chi connectivity index (χ3v) is 4.20. The van der Waals surface area contributed by atoms with Crippen molar-refractivity contribution in [1.82, 2.24) is 4.90 Å². The van der Waals surface area contributed by atoms with E-state index in [0.717, 1.165) is 18.4 Å². The molecule has 15 heavy (non-hydrogen) atoms. The Morgan fingerprint density at radius 2 is 2.13 bits per heavy atom. The van der Waals surface area contributed by atoms with Crippen LogP contribution in [0.5, 0.6) is 0 Å². The van der Waals surface area contributed by atoms with Crippen molar-refractivity contribution in [3.8, 4) is 0 Å². The summed E-state index contributed by atoms with van der Waals surface area (Å²) in [5.41, 5.74) is 0. The van der Waals surface area contributed by atoms with E-state index in [1.54, 1.807) is 0 Å². The third-order valence-electron chi connectivity index (χ3n) is 2.24. The highest BCUT2D eigenvalue weighted by atomic mass is 79.9. The third kappa shape index (κ3) is 5.48. The molecule has 0 N–H and O–H groups in total. The first-order valence-corrected chi connectivity index (χ1v) is 8.02. The minimum absolute atomic E-state index is 1.06. The first kappa shape index (κ1) is 13.7. The molecule has 0 saturated carbocycles. The second kappa shape index (κ2) is 7.82. The average Bonchev–Trinajstić information content (AvgIpc) is 2.61. The number of alkyl halides is 1. The number of halogens is 2. The fraction of sp³-hybridized carbons (Fsp3) is 0.636. The summed E-state index contributed by atoms with van der Waals surface area (Å²) in [5.74, 6) is 0. The molecule has 0 aliphatic rings. The molecular formula is C11H17Br2NS. The van der Waals surface area contributed by atoms with E-state index in [-0.39, 0.29) is 0 Å². The molecule has 0 unspecified atom stereocenters. The van der Waals surface area contributed by atoms with Crippen LogP contribution in [0, 0.1) is 0 Å². The van der Waals surface area contributed by atoms with Gasteiger partial charge in [0.25, 0.3) is 0 Å². The van der Waals surface area contributed by atoms with Crippen molar-refractivity contribution in [3.05, 3.63) is 20.8 Å². The van der Waals surface area contributed by atoms with Gasteiger partial charge >= 0.3 is 0 Å². The molecule has 1 rings (SSSR count).